The van der Waals surface area contributed by atoms with Gasteiger partial charge in [-0.15, -0.1) is 6.58 Å². The number of pyridine rings is 1. The van der Waals surface area contributed by atoms with Crippen LogP contribution in [0.4, 0.5) is 17.3 Å². The lowest BCUT2D eigenvalue weighted by atomic mass is 10.3. The van der Waals surface area contributed by atoms with Crippen LogP contribution in [0.3, 0.4) is 0 Å². The van der Waals surface area contributed by atoms with Gasteiger partial charge >= 0.3 is 5.69 Å². The molecule has 0 radical (unpaired) electrons. The molecule has 108 valence electrons. The van der Waals surface area contributed by atoms with E-state index in [4.69, 9.17) is 0 Å². The maximum absolute atomic E-state index is 11.2. The second-order valence-corrected chi connectivity index (χ2v) is 4.06. The SMILES string of the molecule is C=CCNc1ncnc(NCc2cccnc2)c1[N+](=O)[O-]. The number of rotatable bonds is 7. The highest BCUT2D eigenvalue weighted by Gasteiger charge is 2.22. The van der Waals surface area contributed by atoms with Gasteiger partial charge in [-0.3, -0.25) is 15.1 Å². The van der Waals surface area contributed by atoms with Crippen molar-refractivity contribution in [1.82, 2.24) is 15.0 Å². The van der Waals surface area contributed by atoms with Crippen molar-refractivity contribution in [1.29, 1.82) is 0 Å². The topological polar surface area (TPSA) is 106 Å². The van der Waals surface area contributed by atoms with Crippen molar-refractivity contribution in [3.8, 4) is 0 Å². The third-order valence-electron chi connectivity index (χ3n) is 2.60. The molecule has 0 aliphatic carbocycles. The Kier molecular flexibility index (Phi) is 4.75. The molecule has 0 bridgehead atoms. The summed E-state index contributed by atoms with van der Waals surface area (Å²) in [5, 5.41) is 17.0. The standard InChI is InChI=1S/C13H14N6O2/c1-2-5-15-12-11(19(20)21)13(18-9-17-12)16-8-10-4-3-6-14-7-10/h2-4,6-7,9H,1,5,8H2,(H2,15,16,17,18). The second kappa shape index (κ2) is 6.94. The first-order valence-electron chi connectivity index (χ1n) is 6.19. The van der Waals surface area contributed by atoms with E-state index in [1.807, 2.05) is 6.07 Å². The van der Waals surface area contributed by atoms with Crippen LogP contribution in [0.2, 0.25) is 0 Å². The second-order valence-electron chi connectivity index (χ2n) is 4.06. The fraction of sp³-hybridized carbons (Fsp3) is 0.154. The highest BCUT2D eigenvalue weighted by molar-refractivity contribution is 5.69. The van der Waals surface area contributed by atoms with Crippen LogP contribution in [0.5, 0.6) is 0 Å². The van der Waals surface area contributed by atoms with E-state index in [1.54, 1.807) is 24.5 Å². The molecular formula is C13H14N6O2. The number of anilines is 2. The minimum atomic E-state index is -0.517. The lowest BCUT2D eigenvalue weighted by molar-refractivity contribution is -0.383. The van der Waals surface area contributed by atoms with Gasteiger partial charge in [-0.2, -0.15) is 0 Å². The van der Waals surface area contributed by atoms with E-state index in [-0.39, 0.29) is 17.3 Å². The number of hydrogen-bond donors (Lipinski definition) is 2. The maximum Gasteiger partial charge on any atom is 0.353 e. The summed E-state index contributed by atoms with van der Waals surface area (Å²) in [5.74, 6) is 0.314. The number of nitrogens with zero attached hydrogens (tertiary/aromatic N) is 4. The van der Waals surface area contributed by atoms with Crippen molar-refractivity contribution < 1.29 is 4.92 Å². The van der Waals surface area contributed by atoms with Crippen LogP contribution >= 0.6 is 0 Å². The number of nitrogens with one attached hydrogen (secondary N) is 2. The Labute approximate surface area is 121 Å². The molecule has 0 saturated carbocycles. The molecule has 0 amide bonds. The van der Waals surface area contributed by atoms with Gasteiger partial charge in [0, 0.05) is 25.5 Å². The van der Waals surface area contributed by atoms with Crippen molar-refractivity contribution in [2.45, 2.75) is 6.54 Å². The summed E-state index contributed by atoms with van der Waals surface area (Å²) in [4.78, 5) is 22.5. The fourth-order valence-electron chi connectivity index (χ4n) is 1.67. The molecule has 0 fully saturated rings. The van der Waals surface area contributed by atoms with Gasteiger partial charge in [0.1, 0.15) is 6.33 Å². The van der Waals surface area contributed by atoms with Gasteiger partial charge in [-0.05, 0) is 11.6 Å². The maximum atomic E-state index is 11.2. The van der Waals surface area contributed by atoms with E-state index in [2.05, 4.69) is 32.2 Å². The Morgan fingerprint density at radius 2 is 2.10 bits per heavy atom. The van der Waals surface area contributed by atoms with Crippen LogP contribution in [0.15, 0.2) is 43.5 Å². The van der Waals surface area contributed by atoms with Crippen molar-refractivity contribution in [3.63, 3.8) is 0 Å². The summed E-state index contributed by atoms with van der Waals surface area (Å²) >= 11 is 0. The Balaban J connectivity index is 2.21. The van der Waals surface area contributed by atoms with E-state index in [0.29, 0.717) is 13.1 Å². The largest absolute Gasteiger partial charge is 0.361 e. The molecule has 8 heteroatoms. The highest BCUT2D eigenvalue weighted by Crippen LogP contribution is 2.28. The van der Waals surface area contributed by atoms with E-state index in [1.165, 1.54) is 6.33 Å². The average Bonchev–Trinajstić information content (AvgIpc) is 2.51. The van der Waals surface area contributed by atoms with Gasteiger partial charge in [0.05, 0.1) is 4.92 Å². The van der Waals surface area contributed by atoms with E-state index < -0.39 is 4.92 Å². The summed E-state index contributed by atoms with van der Waals surface area (Å²) in [6.07, 6.45) is 6.20. The van der Waals surface area contributed by atoms with Crippen LogP contribution in [0.25, 0.3) is 0 Å². The molecule has 0 aliphatic rings. The molecule has 2 rings (SSSR count). The first-order chi connectivity index (χ1) is 10.2. The van der Waals surface area contributed by atoms with Crippen LogP contribution in [-0.2, 0) is 6.54 Å². The fourth-order valence-corrected chi connectivity index (χ4v) is 1.67. The van der Waals surface area contributed by atoms with Gasteiger partial charge in [0.25, 0.3) is 0 Å². The van der Waals surface area contributed by atoms with Crippen molar-refractivity contribution in [2.75, 3.05) is 17.2 Å². The average molecular weight is 286 g/mol. The molecule has 21 heavy (non-hydrogen) atoms. The lowest BCUT2D eigenvalue weighted by Crippen LogP contribution is -2.10. The first kappa shape index (κ1) is 14.4. The minimum absolute atomic E-state index is 0.156. The number of nitro groups is 1. The molecule has 0 saturated heterocycles. The third kappa shape index (κ3) is 3.72. The zero-order valence-corrected chi connectivity index (χ0v) is 11.2. The summed E-state index contributed by atoms with van der Waals surface area (Å²) in [5.41, 5.74) is 0.703. The van der Waals surface area contributed by atoms with E-state index in [9.17, 15) is 10.1 Å². The number of hydrogen-bond acceptors (Lipinski definition) is 7. The lowest BCUT2D eigenvalue weighted by Gasteiger charge is -2.09. The van der Waals surface area contributed by atoms with Crippen molar-refractivity contribution in [2.24, 2.45) is 0 Å². The van der Waals surface area contributed by atoms with E-state index >= 15 is 0 Å². The molecule has 0 atom stereocenters. The summed E-state index contributed by atoms with van der Waals surface area (Å²) in [6.45, 7) is 4.31. The van der Waals surface area contributed by atoms with Gasteiger partial charge < -0.3 is 10.6 Å². The Morgan fingerprint density at radius 1 is 1.33 bits per heavy atom. The molecule has 0 aromatic carbocycles. The molecule has 2 aromatic heterocycles. The predicted octanol–water partition coefficient (Wildman–Crippen LogP) is 1.99. The molecule has 8 nitrogen and oxygen atoms in total. The predicted molar refractivity (Wildman–Crippen MR) is 78.9 cm³/mol. The summed E-state index contributed by atoms with van der Waals surface area (Å²) in [6, 6.07) is 3.66. The minimum Gasteiger partial charge on any atom is -0.361 e. The van der Waals surface area contributed by atoms with Crippen LogP contribution in [0, 0.1) is 10.1 Å². The van der Waals surface area contributed by atoms with Crippen molar-refractivity contribution in [3.05, 3.63) is 59.2 Å². The Hall–Kier alpha value is -3.03. The zero-order chi connectivity index (χ0) is 15.1. The molecule has 2 heterocycles. The van der Waals surface area contributed by atoms with Gasteiger partial charge in [0.15, 0.2) is 0 Å². The quantitative estimate of drug-likeness (QED) is 0.455. The number of aromatic nitrogens is 3. The molecule has 0 unspecified atom stereocenters. The van der Waals surface area contributed by atoms with E-state index in [0.717, 1.165) is 5.56 Å². The summed E-state index contributed by atoms with van der Waals surface area (Å²) < 4.78 is 0. The molecule has 2 aromatic rings. The van der Waals surface area contributed by atoms with Crippen LogP contribution in [-0.4, -0.2) is 26.4 Å². The smallest absolute Gasteiger partial charge is 0.353 e. The Morgan fingerprint density at radius 3 is 2.71 bits per heavy atom. The molecule has 0 spiro atoms. The summed E-state index contributed by atoms with van der Waals surface area (Å²) in [7, 11) is 0. The van der Waals surface area contributed by atoms with Gasteiger partial charge in [-0.25, -0.2) is 9.97 Å². The first-order valence-corrected chi connectivity index (χ1v) is 6.19. The van der Waals surface area contributed by atoms with Crippen LogP contribution in [0.1, 0.15) is 5.56 Å². The molecule has 0 aliphatic heterocycles. The third-order valence-corrected chi connectivity index (χ3v) is 2.60. The molecule has 2 N–H and O–H groups in total. The zero-order valence-electron chi connectivity index (χ0n) is 11.2. The highest BCUT2D eigenvalue weighted by atomic mass is 16.6. The normalized spacial score (nSPS) is 9.90. The molecular weight excluding hydrogens is 272 g/mol. The van der Waals surface area contributed by atoms with Crippen molar-refractivity contribution >= 4 is 17.3 Å². The van der Waals surface area contributed by atoms with Gasteiger partial charge in [0.2, 0.25) is 11.6 Å². The Bertz CT molecular complexity index is 632. The van der Waals surface area contributed by atoms with Gasteiger partial charge in [-0.1, -0.05) is 12.1 Å². The monoisotopic (exact) mass is 286 g/mol. The van der Waals surface area contributed by atoms with Crippen LogP contribution < -0.4 is 10.6 Å².